The van der Waals surface area contributed by atoms with Gasteiger partial charge >= 0.3 is 0 Å². The van der Waals surface area contributed by atoms with Gasteiger partial charge in [-0.25, -0.2) is 4.68 Å². The minimum atomic E-state index is -0.239. The van der Waals surface area contributed by atoms with Crippen LogP contribution in [0.5, 0.6) is 0 Å². The van der Waals surface area contributed by atoms with Crippen LogP contribution in [0, 0.1) is 6.92 Å². The lowest BCUT2D eigenvalue weighted by atomic mass is 10.1. The Balaban J connectivity index is 1.84. The summed E-state index contributed by atoms with van der Waals surface area (Å²) in [5, 5.41) is 10.5. The van der Waals surface area contributed by atoms with E-state index in [-0.39, 0.29) is 5.91 Å². The maximum absolute atomic E-state index is 12.0. The molecule has 1 aliphatic heterocycles. The fourth-order valence-corrected chi connectivity index (χ4v) is 2.98. The number of nitrogens with one attached hydrogen (secondary N) is 2. The van der Waals surface area contributed by atoms with Gasteiger partial charge in [-0.05, 0) is 37.4 Å². The third kappa shape index (κ3) is 3.14. The highest BCUT2D eigenvalue weighted by atomic mass is 32.1. The van der Waals surface area contributed by atoms with Gasteiger partial charge in [-0.15, -0.1) is 0 Å². The molecule has 6 heteroatoms. The summed E-state index contributed by atoms with van der Waals surface area (Å²) in [7, 11) is 0. The first kappa shape index (κ1) is 16.2. The highest BCUT2D eigenvalue weighted by molar-refractivity contribution is 7.80. The maximum atomic E-state index is 12.0. The van der Waals surface area contributed by atoms with Crippen molar-refractivity contribution in [2.45, 2.75) is 6.92 Å². The summed E-state index contributed by atoms with van der Waals surface area (Å²) in [6.07, 6.45) is 3.68. The van der Waals surface area contributed by atoms with Gasteiger partial charge in [0.1, 0.15) is 11.4 Å². The number of aryl methyl sites for hydroxylation is 1. The zero-order valence-corrected chi connectivity index (χ0v) is 14.9. The van der Waals surface area contributed by atoms with Crippen LogP contribution < -0.4 is 10.6 Å². The van der Waals surface area contributed by atoms with Gasteiger partial charge in [0, 0.05) is 17.3 Å². The van der Waals surface area contributed by atoms with Gasteiger partial charge in [0.25, 0.3) is 5.91 Å². The number of aromatic nitrogens is 2. The van der Waals surface area contributed by atoms with E-state index in [2.05, 4.69) is 10.6 Å². The molecule has 3 aromatic rings. The SMILES string of the molecule is Cc1ccc(-c2nn(-c3ccccc3)cc2/C=C2/NC(=S)NC2=O)cc1. The molecule has 128 valence electrons. The number of carbonyl (C=O) groups excluding carboxylic acids is 1. The number of benzene rings is 2. The Hall–Kier alpha value is -3.25. The standard InChI is InChI=1S/C20H16N4OS/c1-13-7-9-14(10-8-13)18-15(11-17-19(25)22-20(26)21-17)12-24(23-18)16-5-3-2-4-6-16/h2-12H,1H3,(H2,21,22,25,26)/b17-11+. The van der Waals surface area contributed by atoms with Crippen molar-refractivity contribution >= 4 is 29.3 Å². The quantitative estimate of drug-likeness (QED) is 0.556. The van der Waals surface area contributed by atoms with Crippen molar-refractivity contribution in [2.75, 3.05) is 0 Å². The summed E-state index contributed by atoms with van der Waals surface area (Å²) in [6, 6.07) is 18.0. The highest BCUT2D eigenvalue weighted by Gasteiger charge is 2.21. The topological polar surface area (TPSA) is 59.0 Å². The molecule has 2 heterocycles. The number of hydrogen-bond donors (Lipinski definition) is 2. The van der Waals surface area contributed by atoms with Crippen LogP contribution in [0.3, 0.4) is 0 Å². The Bertz CT molecular complexity index is 1020. The molecule has 0 radical (unpaired) electrons. The molecule has 0 aliphatic carbocycles. The Kier molecular flexibility index (Phi) is 4.10. The summed E-state index contributed by atoms with van der Waals surface area (Å²) in [5.41, 5.74) is 5.16. The van der Waals surface area contributed by atoms with E-state index in [9.17, 15) is 4.79 Å². The summed E-state index contributed by atoms with van der Waals surface area (Å²) >= 11 is 5.01. The molecule has 1 fully saturated rings. The number of para-hydroxylation sites is 1. The van der Waals surface area contributed by atoms with Gasteiger partial charge in [-0.3, -0.25) is 10.1 Å². The molecule has 1 aliphatic rings. The van der Waals surface area contributed by atoms with Crippen LogP contribution in [-0.2, 0) is 4.79 Å². The molecule has 2 N–H and O–H groups in total. The monoisotopic (exact) mass is 360 g/mol. The molecular weight excluding hydrogens is 344 g/mol. The molecule has 0 unspecified atom stereocenters. The van der Waals surface area contributed by atoms with E-state index < -0.39 is 0 Å². The van der Waals surface area contributed by atoms with Crippen LogP contribution in [0.15, 0.2) is 66.5 Å². The third-order valence-corrected chi connectivity index (χ3v) is 4.31. The van der Waals surface area contributed by atoms with Crippen LogP contribution >= 0.6 is 12.2 Å². The van der Waals surface area contributed by atoms with Crippen LogP contribution in [0.1, 0.15) is 11.1 Å². The predicted molar refractivity (Wildman–Crippen MR) is 106 cm³/mol. The van der Waals surface area contributed by atoms with Gasteiger partial charge in [0.2, 0.25) is 0 Å². The second-order valence-electron chi connectivity index (χ2n) is 6.05. The fraction of sp³-hybridized carbons (Fsp3) is 0.0500. The fourth-order valence-electron chi connectivity index (χ4n) is 2.78. The van der Waals surface area contributed by atoms with Gasteiger partial charge in [0.15, 0.2) is 5.11 Å². The molecule has 0 atom stereocenters. The summed E-state index contributed by atoms with van der Waals surface area (Å²) in [6.45, 7) is 2.04. The summed E-state index contributed by atoms with van der Waals surface area (Å²) in [4.78, 5) is 12.0. The first-order chi connectivity index (χ1) is 12.6. The number of carbonyl (C=O) groups is 1. The Morgan fingerprint density at radius 1 is 1.04 bits per heavy atom. The van der Waals surface area contributed by atoms with E-state index in [1.807, 2.05) is 72.4 Å². The van der Waals surface area contributed by atoms with Crippen molar-refractivity contribution in [3.63, 3.8) is 0 Å². The number of hydrogen-bond acceptors (Lipinski definition) is 3. The van der Waals surface area contributed by atoms with Crippen LogP contribution in [0.25, 0.3) is 23.0 Å². The van der Waals surface area contributed by atoms with Crippen molar-refractivity contribution in [3.8, 4) is 16.9 Å². The third-order valence-electron chi connectivity index (χ3n) is 4.11. The van der Waals surface area contributed by atoms with Crippen molar-refractivity contribution in [1.82, 2.24) is 20.4 Å². The normalized spacial score (nSPS) is 15.2. The molecule has 26 heavy (non-hydrogen) atoms. The van der Waals surface area contributed by atoms with Gasteiger partial charge in [-0.2, -0.15) is 5.10 Å². The van der Waals surface area contributed by atoms with Crippen LogP contribution in [0.2, 0.25) is 0 Å². The second kappa shape index (κ2) is 6.57. The number of rotatable bonds is 3. The first-order valence-corrected chi connectivity index (χ1v) is 8.57. The lowest BCUT2D eigenvalue weighted by Crippen LogP contribution is -2.21. The van der Waals surface area contributed by atoms with Crippen molar-refractivity contribution in [1.29, 1.82) is 0 Å². The molecule has 0 bridgehead atoms. The minimum Gasteiger partial charge on any atom is -0.328 e. The van der Waals surface area contributed by atoms with E-state index in [4.69, 9.17) is 17.3 Å². The van der Waals surface area contributed by atoms with E-state index >= 15 is 0 Å². The summed E-state index contributed by atoms with van der Waals surface area (Å²) in [5.74, 6) is -0.239. The lowest BCUT2D eigenvalue weighted by molar-refractivity contribution is -0.115. The first-order valence-electron chi connectivity index (χ1n) is 8.16. The van der Waals surface area contributed by atoms with Crippen molar-refractivity contribution < 1.29 is 4.79 Å². The Morgan fingerprint density at radius 2 is 1.77 bits per heavy atom. The van der Waals surface area contributed by atoms with Crippen molar-refractivity contribution in [2.24, 2.45) is 0 Å². The maximum Gasteiger partial charge on any atom is 0.273 e. The van der Waals surface area contributed by atoms with E-state index in [1.54, 1.807) is 6.08 Å². The number of thiocarbonyl (C=S) groups is 1. The van der Waals surface area contributed by atoms with E-state index in [0.29, 0.717) is 10.8 Å². The molecule has 1 saturated heterocycles. The molecule has 4 rings (SSSR count). The summed E-state index contributed by atoms with van der Waals surface area (Å²) < 4.78 is 1.81. The molecule has 0 spiro atoms. The van der Waals surface area contributed by atoms with E-state index in [1.165, 1.54) is 5.56 Å². The zero-order valence-electron chi connectivity index (χ0n) is 14.1. The largest absolute Gasteiger partial charge is 0.328 e. The average molecular weight is 360 g/mol. The Labute approximate surface area is 156 Å². The van der Waals surface area contributed by atoms with Crippen molar-refractivity contribution in [3.05, 3.63) is 77.6 Å². The molecule has 1 aromatic heterocycles. The van der Waals surface area contributed by atoms with E-state index in [0.717, 1.165) is 22.5 Å². The Morgan fingerprint density at radius 3 is 2.42 bits per heavy atom. The number of nitrogens with zero attached hydrogens (tertiary/aromatic N) is 2. The minimum absolute atomic E-state index is 0.239. The number of amides is 1. The van der Waals surface area contributed by atoms with Gasteiger partial charge in [-0.1, -0.05) is 48.0 Å². The van der Waals surface area contributed by atoms with Crippen LogP contribution in [0.4, 0.5) is 0 Å². The molecule has 0 saturated carbocycles. The van der Waals surface area contributed by atoms with Crippen LogP contribution in [-0.4, -0.2) is 20.8 Å². The highest BCUT2D eigenvalue weighted by Crippen LogP contribution is 2.26. The smallest absolute Gasteiger partial charge is 0.273 e. The molecule has 1 amide bonds. The lowest BCUT2D eigenvalue weighted by Gasteiger charge is -2.01. The molecular formula is C20H16N4OS. The second-order valence-corrected chi connectivity index (χ2v) is 6.45. The average Bonchev–Trinajstić information content (AvgIpc) is 3.20. The molecule has 5 nitrogen and oxygen atoms in total. The van der Waals surface area contributed by atoms with Gasteiger partial charge in [0.05, 0.1) is 5.69 Å². The predicted octanol–water partition coefficient (Wildman–Crippen LogP) is 3.19. The zero-order chi connectivity index (χ0) is 18.1. The molecule has 2 aromatic carbocycles. The van der Waals surface area contributed by atoms with Gasteiger partial charge < -0.3 is 5.32 Å².